The molecule has 0 bridgehead atoms. The number of carbonyl (C=O) groups is 2. The van der Waals surface area contributed by atoms with Gasteiger partial charge >= 0.3 is 5.97 Å². The molecular weight excluding hydrogens is 182 g/mol. The van der Waals surface area contributed by atoms with Gasteiger partial charge in [-0.05, 0) is 25.7 Å². The van der Waals surface area contributed by atoms with Crippen LogP contribution in [0.4, 0.5) is 0 Å². The van der Waals surface area contributed by atoms with Crippen molar-refractivity contribution in [3.63, 3.8) is 0 Å². The maximum atomic E-state index is 11.2. The molecular formula is C10H17NO3. The Hall–Kier alpha value is -1.06. The highest BCUT2D eigenvalue weighted by atomic mass is 16.4. The minimum Gasteiger partial charge on any atom is -0.481 e. The summed E-state index contributed by atoms with van der Waals surface area (Å²) in [6.45, 7) is 2.29. The molecule has 0 heterocycles. The number of hydrogen-bond donors (Lipinski definition) is 2. The highest BCUT2D eigenvalue weighted by Gasteiger charge is 2.28. The van der Waals surface area contributed by atoms with E-state index in [1.54, 1.807) is 6.92 Å². The van der Waals surface area contributed by atoms with Gasteiger partial charge in [0.05, 0.1) is 5.92 Å². The van der Waals surface area contributed by atoms with E-state index in [4.69, 9.17) is 5.11 Å². The quantitative estimate of drug-likeness (QED) is 0.627. The third-order valence-corrected chi connectivity index (χ3v) is 2.48. The number of amides is 1. The van der Waals surface area contributed by atoms with E-state index < -0.39 is 5.97 Å². The van der Waals surface area contributed by atoms with Gasteiger partial charge in [0.1, 0.15) is 0 Å². The van der Waals surface area contributed by atoms with Crippen LogP contribution in [0, 0.1) is 11.8 Å². The van der Waals surface area contributed by atoms with Crippen molar-refractivity contribution < 1.29 is 14.7 Å². The van der Waals surface area contributed by atoms with Gasteiger partial charge in [-0.1, -0.05) is 6.92 Å². The second-order valence-corrected chi connectivity index (χ2v) is 3.95. The average molecular weight is 199 g/mol. The summed E-state index contributed by atoms with van der Waals surface area (Å²) in [5.74, 6) is -0.703. The van der Waals surface area contributed by atoms with Crippen molar-refractivity contribution in [2.75, 3.05) is 6.54 Å². The van der Waals surface area contributed by atoms with Gasteiger partial charge < -0.3 is 10.4 Å². The zero-order valence-corrected chi connectivity index (χ0v) is 8.45. The van der Waals surface area contributed by atoms with E-state index in [0.29, 0.717) is 13.0 Å². The van der Waals surface area contributed by atoms with Crippen LogP contribution in [0.1, 0.15) is 32.6 Å². The van der Waals surface area contributed by atoms with Crippen LogP contribution in [0.2, 0.25) is 0 Å². The Labute approximate surface area is 83.7 Å². The molecule has 0 spiro atoms. The number of carbonyl (C=O) groups excluding carboxylic acids is 1. The Balaban J connectivity index is 1.98. The molecule has 0 radical (unpaired) electrons. The maximum Gasteiger partial charge on any atom is 0.306 e. The maximum absolute atomic E-state index is 11.2. The summed E-state index contributed by atoms with van der Waals surface area (Å²) in [6.07, 6.45) is 3.39. The van der Waals surface area contributed by atoms with Crippen LogP contribution in [0.15, 0.2) is 0 Å². The summed E-state index contributed by atoms with van der Waals surface area (Å²) in [5.41, 5.74) is 0. The van der Waals surface area contributed by atoms with Crippen LogP contribution in [0.3, 0.4) is 0 Å². The fourth-order valence-electron chi connectivity index (χ4n) is 1.23. The molecule has 4 nitrogen and oxygen atoms in total. The molecule has 0 aliphatic heterocycles. The first-order valence-electron chi connectivity index (χ1n) is 5.11. The average Bonchev–Trinajstić information content (AvgIpc) is 2.94. The Morgan fingerprint density at radius 2 is 2.14 bits per heavy atom. The molecule has 0 aromatic carbocycles. The lowest BCUT2D eigenvalue weighted by Gasteiger charge is -2.06. The van der Waals surface area contributed by atoms with Crippen LogP contribution < -0.4 is 5.32 Å². The van der Waals surface area contributed by atoms with Gasteiger partial charge in [-0.2, -0.15) is 0 Å². The van der Waals surface area contributed by atoms with E-state index in [2.05, 4.69) is 5.32 Å². The standard InChI is InChI=1S/C10H17NO3/c1-7(10(13)14)3-2-6-11-9(12)8-4-5-8/h7-8H,2-6H2,1H3,(H,11,12)(H,13,14). The monoisotopic (exact) mass is 199 g/mol. The van der Waals surface area contributed by atoms with Crippen molar-refractivity contribution in [2.45, 2.75) is 32.6 Å². The second kappa shape index (κ2) is 4.98. The molecule has 1 aliphatic carbocycles. The van der Waals surface area contributed by atoms with E-state index in [9.17, 15) is 9.59 Å². The minimum atomic E-state index is -0.765. The van der Waals surface area contributed by atoms with Gasteiger partial charge in [0, 0.05) is 12.5 Å². The largest absolute Gasteiger partial charge is 0.481 e. The van der Waals surface area contributed by atoms with Crippen LogP contribution >= 0.6 is 0 Å². The summed E-state index contributed by atoms with van der Waals surface area (Å²) in [4.78, 5) is 21.6. The minimum absolute atomic E-state index is 0.132. The molecule has 80 valence electrons. The summed E-state index contributed by atoms with van der Waals surface area (Å²) in [6, 6.07) is 0. The molecule has 0 saturated heterocycles. The smallest absolute Gasteiger partial charge is 0.306 e. The van der Waals surface area contributed by atoms with E-state index in [1.165, 1.54) is 0 Å². The molecule has 1 atom stereocenters. The third-order valence-electron chi connectivity index (χ3n) is 2.48. The van der Waals surface area contributed by atoms with Gasteiger partial charge in [-0.25, -0.2) is 0 Å². The van der Waals surface area contributed by atoms with Gasteiger partial charge in [-0.3, -0.25) is 9.59 Å². The molecule has 2 N–H and O–H groups in total. The van der Waals surface area contributed by atoms with Crippen molar-refractivity contribution in [3.8, 4) is 0 Å². The zero-order valence-electron chi connectivity index (χ0n) is 8.45. The fraction of sp³-hybridized carbons (Fsp3) is 0.800. The molecule has 0 aromatic heterocycles. The number of carboxylic acids is 1. The third kappa shape index (κ3) is 3.77. The van der Waals surface area contributed by atoms with Crippen molar-refractivity contribution in [3.05, 3.63) is 0 Å². The first kappa shape index (κ1) is 11.0. The highest BCUT2D eigenvalue weighted by Crippen LogP contribution is 2.28. The van der Waals surface area contributed by atoms with Gasteiger partial charge in [0.25, 0.3) is 0 Å². The van der Waals surface area contributed by atoms with E-state index in [-0.39, 0.29) is 17.7 Å². The number of hydrogen-bond acceptors (Lipinski definition) is 2. The first-order chi connectivity index (χ1) is 6.61. The van der Waals surface area contributed by atoms with Gasteiger partial charge in [0.15, 0.2) is 0 Å². The van der Waals surface area contributed by atoms with Gasteiger partial charge in [0.2, 0.25) is 5.91 Å². The molecule has 1 fully saturated rings. The fourth-order valence-corrected chi connectivity index (χ4v) is 1.23. The van der Waals surface area contributed by atoms with E-state index in [0.717, 1.165) is 19.3 Å². The summed E-state index contributed by atoms with van der Waals surface area (Å²) >= 11 is 0. The van der Waals surface area contributed by atoms with E-state index in [1.807, 2.05) is 0 Å². The van der Waals surface area contributed by atoms with Crippen molar-refractivity contribution in [2.24, 2.45) is 11.8 Å². The number of nitrogens with one attached hydrogen (secondary N) is 1. The zero-order chi connectivity index (χ0) is 10.6. The normalized spacial score (nSPS) is 17.5. The summed E-state index contributed by atoms with van der Waals surface area (Å²) < 4.78 is 0. The van der Waals surface area contributed by atoms with Gasteiger partial charge in [-0.15, -0.1) is 0 Å². The SMILES string of the molecule is CC(CCCNC(=O)C1CC1)C(=O)O. The summed E-state index contributed by atoms with van der Waals surface area (Å²) in [5, 5.41) is 11.4. The van der Waals surface area contributed by atoms with Crippen LogP contribution in [0.25, 0.3) is 0 Å². The van der Waals surface area contributed by atoms with Crippen LogP contribution in [0.5, 0.6) is 0 Å². The topological polar surface area (TPSA) is 66.4 Å². The molecule has 1 saturated carbocycles. The molecule has 1 unspecified atom stereocenters. The molecule has 4 heteroatoms. The lowest BCUT2D eigenvalue weighted by atomic mass is 10.1. The first-order valence-corrected chi connectivity index (χ1v) is 5.11. The highest BCUT2D eigenvalue weighted by molar-refractivity contribution is 5.80. The van der Waals surface area contributed by atoms with Crippen molar-refractivity contribution >= 4 is 11.9 Å². The number of carboxylic acid groups (broad SMARTS) is 1. The Kier molecular flexibility index (Phi) is 3.92. The van der Waals surface area contributed by atoms with Crippen LogP contribution in [-0.2, 0) is 9.59 Å². The van der Waals surface area contributed by atoms with Crippen molar-refractivity contribution in [1.29, 1.82) is 0 Å². The second-order valence-electron chi connectivity index (χ2n) is 3.95. The molecule has 1 aliphatic rings. The number of rotatable bonds is 6. The lowest BCUT2D eigenvalue weighted by molar-refractivity contribution is -0.141. The molecule has 1 rings (SSSR count). The Bertz CT molecular complexity index is 223. The predicted molar refractivity (Wildman–Crippen MR) is 51.8 cm³/mol. The number of aliphatic carboxylic acids is 1. The Morgan fingerprint density at radius 3 is 2.64 bits per heavy atom. The van der Waals surface area contributed by atoms with Crippen molar-refractivity contribution in [1.82, 2.24) is 5.32 Å². The lowest BCUT2D eigenvalue weighted by Crippen LogP contribution is -2.26. The summed E-state index contributed by atoms with van der Waals surface area (Å²) in [7, 11) is 0. The molecule has 1 amide bonds. The molecule has 14 heavy (non-hydrogen) atoms. The molecule has 0 aromatic rings. The van der Waals surface area contributed by atoms with E-state index >= 15 is 0 Å². The predicted octanol–water partition coefficient (Wildman–Crippen LogP) is 1.01. The Morgan fingerprint density at radius 1 is 1.50 bits per heavy atom. The van der Waals surface area contributed by atoms with Crippen LogP contribution in [-0.4, -0.2) is 23.5 Å².